The van der Waals surface area contributed by atoms with Crippen molar-refractivity contribution in [2.75, 3.05) is 18.1 Å². The summed E-state index contributed by atoms with van der Waals surface area (Å²) in [5.74, 6) is 3.09. The first-order chi connectivity index (χ1) is 7.65. The molecule has 3 heteroatoms. The lowest BCUT2D eigenvalue weighted by Crippen LogP contribution is -2.09. The lowest BCUT2D eigenvalue weighted by molar-refractivity contribution is 0.338. The third-order valence-corrected chi connectivity index (χ3v) is 3.21. The fraction of sp³-hybridized carbons (Fsp3) is 0.538. The van der Waals surface area contributed by atoms with Crippen LogP contribution in [0.5, 0.6) is 5.75 Å². The van der Waals surface area contributed by atoms with Crippen LogP contribution >= 0.6 is 11.8 Å². The van der Waals surface area contributed by atoms with Crippen LogP contribution in [-0.4, -0.2) is 18.1 Å². The van der Waals surface area contributed by atoms with E-state index in [0.29, 0.717) is 0 Å². The van der Waals surface area contributed by atoms with E-state index in [1.165, 1.54) is 5.56 Å². The molecule has 90 valence electrons. The van der Waals surface area contributed by atoms with Crippen molar-refractivity contribution in [3.05, 3.63) is 29.3 Å². The topological polar surface area (TPSA) is 35.2 Å². The van der Waals surface area contributed by atoms with Crippen LogP contribution in [-0.2, 0) is 0 Å². The second-order valence-corrected chi connectivity index (χ2v) is 5.27. The van der Waals surface area contributed by atoms with E-state index >= 15 is 0 Å². The molecule has 0 heterocycles. The highest BCUT2D eigenvalue weighted by atomic mass is 32.2. The van der Waals surface area contributed by atoms with Gasteiger partial charge in [-0.15, -0.1) is 0 Å². The second kappa shape index (κ2) is 6.81. The average Bonchev–Trinajstić information content (AvgIpc) is 2.26. The highest BCUT2D eigenvalue weighted by molar-refractivity contribution is 7.99. The molecule has 0 aliphatic heterocycles. The third-order valence-electron chi connectivity index (χ3n) is 2.35. The molecule has 0 radical (unpaired) electrons. The number of nitrogens with two attached hydrogens (primary N) is 1. The molecule has 0 aliphatic rings. The van der Waals surface area contributed by atoms with Gasteiger partial charge in [-0.05, 0) is 25.7 Å². The first-order valence-corrected chi connectivity index (χ1v) is 6.87. The summed E-state index contributed by atoms with van der Waals surface area (Å²) in [6.45, 7) is 6.97. The Kier molecular flexibility index (Phi) is 5.71. The molecule has 2 N–H and O–H groups in total. The Morgan fingerprint density at radius 3 is 2.81 bits per heavy atom. The van der Waals surface area contributed by atoms with E-state index in [-0.39, 0.29) is 6.04 Å². The molecular weight excluding hydrogens is 218 g/mol. The lowest BCUT2D eigenvalue weighted by Gasteiger charge is -2.14. The van der Waals surface area contributed by atoms with Crippen molar-refractivity contribution in [2.45, 2.75) is 26.8 Å². The van der Waals surface area contributed by atoms with Crippen LogP contribution in [0.2, 0.25) is 0 Å². The van der Waals surface area contributed by atoms with Crippen LogP contribution in [0.4, 0.5) is 0 Å². The minimum Gasteiger partial charge on any atom is -0.492 e. The van der Waals surface area contributed by atoms with E-state index in [4.69, 9.17) is 10.5 Å². The van der Waals surface area contributed by atoms with Crippen LogP contribution in [0.25, 0.3) is 0 Å². The van der Waals surface area contributed by atoms with Gasteiger partial charge in [0.05, 0.1) is 6.61 Å². The predicted octanol–water partition coefficient (Wildman–Crippen LogP) is 3.15. The summed E-state index contributed by atoms with van der Waals surface area (Å²) >= 11 is 1.89. The summed E-state index contributed by atoms with van der Waals surface area (Å²) in [6.07, 6.45) is 0. The molecule has 0 fully saturated rings. The Morgan fingerprint density at radius 2 is 2.19 bits per heavy atom. The molecule has 0 saturated heterocycles. The molecule has 1 unspecified atom stereocenters. The van der Waals surface area contributed by atoms with Gasteiger partial charge in [-0.3, -0.25) is 0 Å². The summed E-state index contributed by atoms with van der Waals surface area (Å²) in [6, 6.07) is 6.21. The van der Waals surface area contributed by atoms with E-state index in [2.05, 4.69) is 26.0 Å². The quantitative estimate of drug-likeness (QED) is 0.775. The Balaban J connectivity index is 2.64. The summed E-state index contributed by atoms with van der Waals surface area (Å²) in [4.78, 5) is 0. The first kappa shape index (κ1) is 13.4. The smallest absolute Gasteiger partial charge is 0.124 e. The molecule has 0 aromatic heterocycles. The summed E-state index contributed by atoms with van der Waals surface area (Å²) in [5.41, 5.74) is 8.25. The third kappa shape index (κ3) is 4.06. The Morgan fingerprint density at radius 1 is 1.44 bits per heavy atom. The Hall–Kier alpha value is -0.670. The molecule has 0 aliphatic carbocycles. The normalized spacial score (nSPS) is 12.5. The van der Waals surface area contributed by atoms with Crippen LogP contribution < -0.4 is 10.5 Å². The number of ether oxygens (including phenoxy) is 1. The van der Waals surface area contributed by atoms with Crippen molar-refractivity contribution in [3.8, 4) is 5.75 Å². The zero-order valence-electron chi connectivity index (χ0n) is 10.3. The molecule has 1 aromatic rings. The molecule has 16 heavy (non-hydrogen) atoms. The van der Waals surface area contributed by atoms with Crippen LogP contribution in [0.15, 0.2) is 18.2 Å². The molecule has 1 aromatic carbocycles. The zero-order chi connectivity index (χ0) is 12.0. The van der Waals surface area contributed by atoms with Crippen molar-refractivity contribution in [1.29, 1.82) is 0 Å². The summed E-state index contributed by atoms with van der Waals surface area (Å²) in [5, 5.41) is 0. The van der Waals surface area contributed by atoms with Gasteiger partial charge in [0.2, 0.25) is 0 Å². The maximum absolute atomic E-state index is 5.93. The van der Waals surface area contributed by atoms with E-state index < -0.39 is 0 Å². The molecule has 1 atom stereocenters. The van der Waals surface area contributed by atoms with E-state index in [1.54, 1.807) is 0 Å². The van der Waals surface area contributed by atoms with Gasteiger partial charge in [-0.2, -0.15) is 11.8 Å². The molecule has 0 saturated carbocycles. The van der Waals surface area contributed by atoms with E-state index in [0.717, 1.165) is 29.4 Å². The zero-order valence-corrected chi connectivity index (χ0v) is 11.1. The van der Waals surface area contributed by atoms with E-state index in [9.17, 15) is 0 Å². The fourth-order valence-electron chi connectivity index (χ4n) is 1.51. The van der Waals surface area contributed by atoms with Gasteiger partial charge in [-0.25, -0.2) is 0 Å². The largest absolute Gasteiger partial charge is 0.492 e. The minimum absolute atomic E-state index is 0.0220. The lowest BCUT2D eigenvalue weighted by atomic mass is 10.1. The highest BCUT2D eigenvalue weighted by Gasteiger charge is 2.07. The highest BCUT2D eigenvalue weighted by Crippen LogP contribution is 2.25. The van der Waals surface area contributed by atoms with E-state index in [1.807, 2.05) is 24.8 Å². The fourth-order valence-corrected chi connectivity index (χ4v) is 2.00. The van der Waals surface area contributed by atoms with Crippen molar-refractivity contribution in [2.24, 2.45) is 5.73 Å². The number of thioether (sulfide) groups is 1. The van der Waals surface area contributed by atoms with Crippen molar-refractivity contribution >= 4 is 11.8 Å². The molecular formula is C13H21NOS. The molecule has 0 spiro atoms. The standard InChI is InChI=1S/C13H21NOS/c1-4-16-8-7-15-13-6-5-10(2)9-12(13)11(3)14/h5-6,9,11H,4,7-8,14H2,1-3H3. The monoisotopic (exact) mass is 239 g/mol. The van der Waals surface area contributed by atoms with Gasteiger partial charge in [0.1, 0.15) is 5.75 Å². The summed E-state index contributed by atoms with van der Waals surface area (Å²) < 4.78 is 5.75. The maximum Gasteiger partial charge on any atom is 0.124 e. The van der Waals surface area contributed by atoms with Crippen LogP contribution in [0.3, 0.4) is 0 Å². The van der Waals surface area contributed by atoms with Crippen LogP contribution in [0, 0.1) is 6.92 Å². The first-order valence-electron chi connectivity index (χ1n) is 5.71. The average molecular weight is 239 g/mol. The van der Waals surface area contributed by atoms with Gasteiger partial charge in [-0.1, -0.05) is 24.6 Å². The number of aryl methyl sites for hydroxylation is 1. The summed E-state index contributed by atoms with van der Waals surface area (Å²) in [7, 11) is 0. The number of hydrogen-bond donors (Lipinski definition) is 1. The molecule has 0 bridgehead atoms. The van der Waals surface area contributed by atoms with Gasteiger partial charge < -0.3 is 10.5 Å². The number of hydrogen-bond acceptors (Lipinski definition) is 3. The van der Waals surface area contributed by atoms with Gasteiger partial charge in [0.25, 0.3) is 0 Å². The van der Waals surface area contributed by atoms with Gasteiger partial charge >= 0.3 is 0 Å². The molecule has 0 amide bonds. The Bertz CT molecular complexity index is 326. The van der Waals surface area contributed by atoms with Crippen molar-refractivity contribution < 1.29 is 4.74 Å². The van der Waals surface area contributed by atoms with Gasteiger partial charge in [0.15, 0.2) is 0 Å². The Labute approximate surface area is 103 Å². The second-order valence-electron chi connectivity index (χ2n) is 3.88. The minimum atomic E-state index is 0.0220. The van der Waals surface area contributed by atoms with Crippen molar-refractivity contribution in [1.82, 2.24) is 0 Å². The molecule has 1 rings (SSSR count). The molecule has 2 nitrogen and oxygen atoms in total. The SMILES string of the molecule is CCSCCOc1ccc(C)cc1C(C)N. The maximum atomic E-state index is 5.93. The van der Waals surface area contributed by atoms with Crippen LogP contribution in [0.1, 0.15) is 31.0 Å². The number of rotatable bonds is 6. The number of benzene rings is 1. The van der Waals surface area contributed by atoms with Gasteiger partial charge in [0, 0.05) is 17.4 Å². The predicted molar refractivity (Wildman–Crippen MR) is 72.3 cm³/mol. The van der Waals surface area contributed by atoms with Crippen molar-refractivity contribution in [3.63, 3.8) is 0 Å².